The average Bonchev–Trinajstić information content (AvgIpc) is 3.18. The molecular formula is C20H14N4O2S. The van der Waals surface area contributed by atoms with Gasteiger partial charge in [-0.15, -0.1) is 0 Å². The fourth-order valence-electron chi connectivity index (χ4n) is 2.38. The summed E-state index contributed by atoms with van der Waals surface area (Å²) >= 11 is 1.14. The van der Waals surface area contributed by atoms with Crippen LogP contribution in [0.2, 0.25) is 0 Å². The number of pyridine rings is 1. The number of amides is 1. The van der Waals surface area contributed by atoms with Gasteiger partial charge >= 0.3 is 0 Å². The third-order valence-corrected chi connectivity index (χ3v) is 4.27. The molecule has 1 amide bonds. The van der Waals surface area contributed by atoms with Gasteiger partial charge in [0.1, 0.15) is 5.75 Å². The van der Waals surface area contributed by atoms with Gasteiger partial charge in [0.2, 0.25) is 11.0 Å². The number of carbonyl (C=O) groups excluding carboxylic acids is 1. The molecule has 0 saturated carbocycles. The Morgan fingerprint density at radius 3 is 2.63 bits per heavy atom. The molecule has 6 nitrogen and oxygen atoms in total. The third-order valence-electron chi connectivity index (χ3n) is 3.63. The molecule has 0 radical (unpaired) electrons. The van der Waals surface area contributed by atoms with Crippen LogP contribution in [-0.4, -0.2) is 20.2 Å². The molecule has 7 heteroatoms. The smallest absolute Gasteiger partial charge is 0.257 e. The molecule has 2 heterocycles. The van der Waals surface area contributed by atoms with Crippen molar-refractivity contribution in [1.29, 1.82) is 0 Å². The van der Waals surface area contributed by atoms with Crippen LogP contribution in [0.3, 0.4) is 0 Å². The number of hydrogen-bond donors (Lipinski definition) is 1. The Morgan fingerprint density at radius 1 is 0.963 bits per heavy atom. The molecule has 0 fully saturated rings. The van der Waals surface area contributed by atoms with Gasteiger partial charge in [0.05, 0.1) is 0 Å². The zero-order valence-electron chi connectivity index (χ0n) is 14.1. The molecule has 0 bridgehead atoms. The first-order valence-electron chi connectivity index (χ1n) is 8.17. The number of nitrogens with one attached hydrogen (secondary N) is 1. The summed E-state index contributed by atoms with van der Waals surface area (Å²) in [6.45, 7) is 0. The van der Waals surface area contributed by atoms with Gasteiger partial charge in [-0.1, -0.05) is 42.5 Å². The number of anilines is 1. The summed E-state index contributed by atoms with van der Waals surface area (Å²) in [5.74, 6) is 1.30. The van der Waals surface area contributed by atoms with Gasteiger partial charge in [-0.2, -0.15) is 9.36 Å². The maximum atomic E-state index is 12.5. The molecule has 0 spiro atoms. The van der Waals surface area contributed by atoms with Gasteiger partial charge in [-0.05, 0) is 24.3 Å². The van der Waals surface area contributed by atoms with Gasteiger partial charge in [0.25, 0.3) is 5.91 Å². The highest BCUT2D eigenvalue weighted by Crippen LogP contribution is 2.23. The number of aromatic nitrogens is 3. The Balaban J connectivity index is 1.47. The molecule has 0 aliphatic carbocycles. The predicted octanol–water partition coefficient (Wildman–Crippen LogP) is 4.64. The minimum Gasteiger partial charge on any atom is -0.439 e. The van der Waals surface area contributed by atoms with Crippen LogP contribution in [-0.2, 0) is 0 Å². The van der Waals surface area contributed by atoms with Gasteiger partial charge in [-0.25, -0.2) is 4.98 Å². The summed E-state index contributed by atoms with van der Waals surface area (Å²) in [6, 6.07) is 21.9. The molecule has 2 aromatic carbocycles. The topological polar surface area (TPSA) is 77.0 Å². The SMILES string of the molecule is O=C(Nc1nc(-c2ccccc2)ns1)c1cccc(Oc2ccccn2)c1. The number of benzene rings is 2. The van der Waals surface area contributed by atoms with E-state index in [4.69, 9.17) is 4.74 Å². The second-order valence-corrected chi connectivity index (χ2v) is 6.29. The van der Waals surface area contributed by atoms with Crippen molar-refractivity contribution in [2.75, 3.05) is 5.32 Å². The highest BCUT2D eigenvalue weighted by atomic mass is 32.1. The van der Waals surface area contributed by atoms with Crippen molar-refractivity contribution in [1.82, 2.24) is 14.3 Å². The summed E-state index contributed by atoms with van der Waals surface area (Å²) in [4.78, 5) is 21.0. The summed E-state index contributed by atoms with van der Waals surface area (Å²) in [5.41, 5.74) is 1.36. The molecule has 1 N–H and O–H groups in total. The second-order valence-electron chi connectivity index (χ2n) is 5.54. The van der Waals surface area contributed by atoms with E-state index in [0.717, 1.165) is 17.1 Å². The van der Waals surface area contributed by atoms with Gasteiger partial charge in [0, 0.05) is 34.9 Å². The Labute approximate surface area is 159 Å². The number of ether oxygens (including phenoxy) is 1. The van der Waals surface area contributed by atoms with E-state index >= 15 is 0 Å². The summed E-state index contributed by atoms with van der Waals surface area (Å²) in [7, 11) is 0. The molecule has 4 aromatic rings. The number of hydrogen-bond acceptors (Lipinski definition) is 6. The van der Waals surface area contributed by atoms with E-state index in [1.807, 2.05) is 42.5 Å². The molecule has 0 unspecified atom stereocenters. The number of nitrogens with zero attached hydrogens (tertiary/aromatic N) is 3. The van der Waals surface area contributed by atoms with Crippen LogP contribution in [0.25, 0.3) is 11.4 Å². The number of carbonyl (C=O) groups is 1. The lowest BCUT2D eigenvalue weighted by Crippen LogP contribution is -2.11. The quantitative estimate of drug-likeness (QED) is 0.550. The highest BCUT2D eigenvalue weighted by molar-refractivity contribution is 7.10. The van der Waals surface area contributed by atoms with Crippen molar-refractivity contribution in [3.05, 3.63) is 84.6 Å². The van der Waals surface area contributed by atoms with E-state index < -0.39 is 0 Å². The van der Waals surface area contributed by atoms with Crippen LogP contribution in [0.1, 0.15) is 10.4 Å². The lowest BCUT2D eigenvalue weighted by Gasteiger charge is -2.06. The van der Waals surface area contributed by atoms with Crippen LogP contribution in [0.5, 0.6) is 11.6 Å². The minimum absolute atomic E-state index is 0.280. The Bertz CT molecular complexity index is 1050. The Hall–Kier alpha value is -3.58. The first-order valence-corrected chi connectivity index (χ1v) is 8.95. The standard InChI is InChI=1S/C20H14N4O2S/c25-19(23-20-22-18(24-27-20)14-7-2-1-3-8-14)15-9-6-10-16(13-15)26-17-11-4-5-12-21-17/h1-13H,(H,22,23,24,25). The Kier molecular flexibility index (Phi) is 4.84. The van der Waals surface area contributed by atoms with Crippen molar-refractivity contribution in [2.45, 2.75) is 0 Å². The van der Waals surface area contributed by atoms with Crippen molar-refractivity contribution < 1.29 is 9.53 Å². The normalized spacial score (nSPS) is 10.4. The van der Waals surface area contributed by atoms with Gasteiger partial charge in [0.15, 0.2) is 5.82 Å². The molecular weight excluding hydrogens is 360 g/mol. The van der Waals surface area contributed by atoms with Crippen molar-refractivity contribution in [3.63, 3.8) is 0 Å². The lowest BCUT2D eigenvalue weighted by atomic mass is 10.2. The fourth-order valence-corrected chi connectivity index (χ4v) is 2.96. The molecule has 0 atom stereocenters. The first-order chi connectivity index (χ1) is 13.3. The average molecular weight is 374 g/mol. The minimum atomic E-state index is -0.280. The summed E-state index contributed by atoms with van der Waals surface area (Å²) in [5, 5.41) is 3.21. The van der Waals surface area contributed by atoms with Crippen molar-refractivity contribution in [2.24, 2.45) is 0 Å². The molecule has 0 saturated heterocycles. The van der Waals surface area contributed by atoms with Gasteiger partial charge in [-0.3, -0.25) is 10.1 Å². The number of rotatable bonds is 5. The summed E-state index contributed by atoms with van der Waals surface area (Å²) < 4.78 is 9.95. The molecule has 27 heavy (non-hydrogen) atoms. The van der Waals surface area contributed by atoms with E-state index in [2.05, 4.69) is 19.7 Å². The van der Waals surface area contributed by atoms with E-state index in [0.29, 0.717) is 28.1 Å². The van der Waals surface area contributed by atoms with E-state index in [1.165, 1.54) is 0 Å². The molecule has 0 aliphatic heterocycles. The van der Waals surface area contributed by atoms with Crippen LogP contribution >= 0.6 is 11.5 Å². The van der Waals surface area contributed by atoms with E-state index in [9.17, 15) is 4.79 Å². The maximum absolute atomic E-state index is 12.5. The largest absolute Gasteiger partial charge is 0.439 e. The van der Waals surface area contributed by atoms with Gasteiger partial charge < -0.3 is 4.74 Å². The van der Waals surface area contributed by atoms with Crippen LogP contribution in [0, 0.1) is 0 Å². The van der Waals surface area contributed by atoms with Crippen LogP contribution in [0.4, 0.5) is 5.13 Å². The fraction of sp³-hybridized carbons (Fsp3) is 0. The van der Waals surface area contributed by atoms with Crippen molar-refractivity contribution >= 4 is 22.6 Å². The molecule has 2 aromatic heterocycles. The maximum Gasteiger partial charge on any atom is 0.257 e. The predicted molar refractivity (Wildman–Crippen MR) is 104 cm³/mol. The molecule has 0 aliphatic rings. The third kappa shape index (κ3) is 4.16. The molecule has 132 valence electrons. The Morgan fingerprint density at radius 2 is 1.81 bits per heavy atom. The zero-order chi connectivity index (χ0) is 18.5. The summed E-state index contributed by atoms with van der Waals surface area (Å²) in [6.07, 6.45) is 1.64. The zero-order valence-corrected chi connectivity index (χ0v) is 14.9. The first kappa shape index (κ1) is 16.9. The lowest BCUT2D eigenvalue weighted by molar-refractivity contribution is 0.102. The van der Waals surface area contributed by atoms with E-state index in [-0.39, 0.29) is 5.91 Å². The molecule has 4 rings (SSSR count). The highest BCUT2D eigenvalue weighted by Gasteiger charge is 2.12. The van der Waals surface area contributed by atoms with Crippen molar-refractivity contribution in [3.8, 4) is 23.0 Å². The van der Waals surface area contributed by atoms with Crippen LogP contribution < -0.4 is 10.1 Å². The monoisotopic (exact) mass is 374 g/mol. The van der Waals surface area contributed by atoms with Crippen LogP contribution in [0.15, 0.2) is 79.0 Å². The van der Waals surface area contributed by atoms with E-state index in [1.54, 1.807) is 36.5 Å². The second kappa shape index (κ2) is 7.76.